The maximum absolute atomic E-state index is 4.22. The summed E-state index contributed by atoms with van der Waals surface area (Å²) in [6.07, 6.45) is 8.08. The van der Waals surface area contributed by atoms with Crippen molar-refractivity contribution in [1.29, 1.82) is 0 Å². The van der Waals surface area contributed by atoms with Gasteiger partial charge in [0.1, 0.15) is 0 Å². The highest BCUT2D eigenvalue weighted by Gasteiger charge is 1.93. The van der Waals surface area contributed by atoms with E-state index < -0.39 is 0 Å². The fourth-order valence-corrected chi connectivity index (χ4v) is 1.33. The van der Waals surface area contributed by atoms with Crippen molar-refractivity contribution in [3.63, 3.8) is 0 Å². The molecule has 2 heterocycles. The molecule has 3 nitrogen and oxygen atoms in total. The van der Waals surface area contributed by atoms with Crippen LogP contribution < -0.4 is 0 Å². The highest BCUT2D eigenvalue weighted by atomic mass is 15.3. The summed E-state index contributed by atoms with van der Waals surface area (Å²) in [4.78, 5) is 0. The van der Waals surface area contributed by atoms with E-state index in [-0.39, 0.29) is 0 Å². The Morgan fingerprint density at radius 3 is 2.62 bits per heavy atom. The zero-order chi connectivity index (χ0) is 9.10. The van der Waals surface area contributed by atoms with Crippen LogP contribution in [0.5, 0.6) is 0 Å². The maximum Gasteiger partial charge on any atom is 0.0588 e. The topological polar surface area (TPSA) is 22.8 Å². The molecule has 0 atom stereocenters. The van der Waals surface area contributed by atoms with Crippen molar-refractivity contribution in [2.24, 2.45) is 0 Å². The van der Waals surface area contributed by atoms with E-state index in [1.807, 2.05) is 23.0 Å². The van der Waals surface area contributed by atoms with Crippen LogP contribution in [-0.4, -0.2) is 14.3 Å². The molecule has 2 rings (SSSR count). The van der Waals surface area contributed by atoms with Crippen LogP contribution in [0, 0.1) is 6.92 Å². The molecular weight excluding hydrogens is 162 g/mol. The molecule has 13 heavy (non-hydrogen) atoms. The van der Waals surface area contributed by atoms with Crippen LogP contribution in [0.4, 0.5) is 0 Å². The van der Waals surface area contributed by atoms with Crippen molar-refractivity contribution in [1.82, 2.24) is 14.3 Å². The summed E-state index contributed by atoms with van der Waals surface area (Å²) in [7, 11) is 0. The van der Waals surface area contributed by atoms with Gasteiger partial charge in [-0.25, -0.2) is 0 Å². The van der Waals surface area contributed by atoms with Gasteiger partial charge in [0.25, 0.3) is 0 Å². The van der Waals surface area contributed by atoms with Crippen molar-refractivity contribution < 1.29 is 0 Å². The summed E-state index contributed by atoms with van der Waals surface area (Å²) in [5, 5.41) is 4.22. The largest absolute Gasteiger partial charge is 0.352 e. The Kier molecular flexibility index (Phi) is 2.17. The zero-order valence-corrected chi connectivity index (χ0v) is 7.72. The van der Waals surface area contributed by atoms with Crippen molar-refractivity contribution in [3.8, 4) is 0 Å². The van der Waals surface area contributed by atoms with Crippen molar-refractivity contribution >= 4 is 0 Å². The molecule has 0 bridgehead atoms. The van der Waals surface area contributed by atoms with Gasteiger partial charge in [0.05, 0.1) is 12.7 Å². The summed E-state index contributed by atoms with van der Waals surface area (Å²) in [6, 6.07) is 4.07. The molecule has 68 valence electrons. The fraction of sp³-hybridized carbons (Fsp3) is 0.300. The molecule has 2 aromatic rings. The molecule has 0 aromatic carbocycles. The van der Waals surface area contributed by atoms with E-state index in [4.69, 9.17) is 0 Å². The van der Waals surface area contributed by atoms with Gasteiger partial charge in [0.15, 0.2) is 0 Å². The Labute approximate surface area is 77.6 Å². The number of nitrogens with zero attached hydrogens (tertiary/aromatic N) is 3. The molecule has 0 saturated carbocycles. The molecule has 0 aliphatic heterocycles. The molecule has 0 saturated heterocycles. The second-order valence-electron chi connectivity index (χ2n) is 3.20. The molecule has 0 radical (unpaired) electrons. The Morgan fingerprint density at radius 1 is 1.23 bits per heavy atom. The average Bonchev–Trinajstić information content (AvgIpc) is 2.71. The van der Waals surface area contributed by atoms with Gasteiger partial charge in [-0.1, -0.05) is 0 Å². The van der Waals surface area contributed by atoms with Crippen molar-refractivity contribution in [2.45, 2.75) is 20.0 Å². The standard InChI is InChI=1S/C10H13N3/c1-10-8-11-13(9-10)7-6-12-4-2-3-5-12/h2-5,8-9H,6-7H2,1H3. The lowest BCUT2D eigenvalue weighted by atomic mass is 10.4. The number of hydrogen-bond acceptors (Lipinski definition) is 1. The van der Waals surface area contributed by atoms with Gasteiger partial charge in [0, 0.05) is 25.1 Å². The Morgan fingerprint density at radius 2 is 2.00 bits per heavy atom. The Bertz CT molecular complexity index is 359. The minimum atomic E-state index is 0.933. The number of hydrogen-bond donors (Lipinski definition) is 0. The molecule has 0 spiro atoms. The summed E-state index contributed by atoms with van der Waals surface area (Å²) < 4.78 is 4.12. The zero-order valence-electron chi connectivity index (χ0n) is 7.72. The third kappa shape index (κ3) is 1.99. The maximum atomic E-state index is 4.22. The minimum Gasteiger partial charge on any atom is -0.352 e. The van der Waals surface area contributed by atoms with Gasteiger partial charge in [-0.3, -0.25) is 4.68 Å². The van der Waals surface area contributed by atoms with Crippen LogP contribution in [0.3, 0.4) is 0 Å². The molecule has 0 N–H and O–H groups in total. The van der Waals surface area contributed by atoms with Crippen LogP contribution in [0.25, 0.3) is 0 Å². The third-order valence-electron chi connectivity index (χ3n) is 2.02. The van der Waals surface area contributed by atoms with Gasteiger partial charge < -0.3 is 4.57 Å². The lowest BCUT2D eigenvalue weighted by Gasteiger charge is -2.02. The van der Waals surface area contributed by atoms with Gasteiger partial charge in [-0.2, -0.15) is 5.10 Å². The summed E-state index contributed by atoms with van der Waals surface area (Å²) >= 11 is 0. The SMILES string of the molecule is Cc1cnn(CCn2cccc2)c1. The second-order valence-corrected chi connectivity index (χ2v) is 3.20. The van der Waals surface area contributed by atoms with Gasteiger partial charge in [0.2, 0.25) is 0 Å². The predicted octanol–water partition coefficient (Wildman–Crippen LogP) is 1.69. The first kappa shape index (κ1) is 8.10. The lowest BCUT2D eigenvalue weighted by molar-refractivity contribution is 0.534. The number of rotatable bonds is 3. The minimum absolute atomic E-state index is 0.933. The van der Waals surface area contributed by atoms with E-state index in [2.05, 4.69) is 35.2 Å². The van der Waals surface area contributed by atoms with E-state index >= 15 is 0 Å². The quantitative estimate of drug-likeness (QED) is 0.696. The van der Waals surface area contributed by atoms with Gasteiger partial charge >= 0.3 is 0 Å². The molecule has 2 aromatic heterocycles. The molecule has 0 fully saturated rings. The van der Waals surface area contributed by atoms with E-state index in [0.29, 0.717) is 0 Å². The highest BCUT2D eigenvalue weighted by molar-refractivity contribution is 4.99. The summed E-state index contributed by atoms with van der Waals surface area (Å²) in [5.41, 5.74) is 1.22. The fourth-order valence-electron chi connectivity index (χ4n) is 1.33. The molecule has 0 aliphatic carbocycles. The first-order valence-electron chi connectivity index (χ1n) is 4.44. The normalized spacial score (nSPS) is 10.5. The first-order chi connectivity index (χ1) is 6.34. The van der Waals surface area contributed by atoms with E-state index in [1.54, 1.807) is 0 Å². The monoisotopic (exact) mass is 175 g/mol. The lowest BCUT2D eigenvalue weighted by Crippen LogP contribution is -2.05. The van der Waals surface area contributed by atoms with Crippen molar-refractivity contribution in [2.75, 3.05) is 0 Å². The Hall–Kier alpha value is -1.51. The molecular formula is C10H13N3. The number of aromatic nitrogens is 3. The van der Waals surface area contributed by atoms with Crippen LogP contribution >= 0.6 is 0 Å². The van der Waals surface area contributed by atoms with E-state index in [9.17, 15) is 0 Å². The third-order valence-corrected chi connectivity index (χ3v) is 2.02. The van der Waals surface area contributed by atoms with Crippen LogP contribution in [0.2, 0.25) is 0 Å². The highest BCUT2D eigenvalue weighted by Crippen LogP contribution is 1.96. The number of aryl methyl sites for hydroxylation is 3. The summed E-state index contributed by atoms with van der Waals surface area (Å²) in [5.74, 6) is 0. The van der Waals surface area contributed by atoms with Crippen molar-refractivity contribution in [3.05, 3.63) is 42.5 Å². The van der Waals surface area contributed by atoms with E-state index in [0.717, 1.165) is 13.1 Å². The smallest absolute Gasteiger partial charge is 0.0588 e. The molecule has 0 aliphatic rings. The van der Waals surface area contributed by atoms with Gasteiger partial charge in [-0.05, 0) is 24.6 Å². The molecule has 0 unspecified atom stereocenters. The van der Waals surface area contributed by atoms with Crippen LogP contribution in [-0.2, 0) is 13.1 Å². The van der Waals surface area contributed by atoms with Crippen LogP contribution in [0.15, 0.2) is 36.9 Å². The Balaban J connectivity index is 1.93. The first-order valence-corrected chi connectivity index (χ1v) is 4.44. The second kappa shape index (κ2) is 3.47. The molecule has 0 amide bonds. The van der Waals surface area contributed by atoms with Gasteiger partial charge in [-0.15, -0.1) is 0 Å². The summed E-state index contributed by atoms with van der Waals surface area (Å²) in [6.45, 7) is 3.97. The average molecular weight is 175 g/mol. The molecule has 3 heteroatoms. The van der Waals surface area contributed by atoms with E-state index in [1.165, 1.54) is 5.56 Å². The predicted molar refractivity (Wildman–Crippen MR) is 51.4 cm³/mol. The van der Waals surface area contributed by atoms with Crippen LogP contribution in [0.1, 0.15) is 5.56 Å².